The van der Waals surface area contributed by atoms with Crippen molar-refractivity contribution in [1.82, 2.24) is 34.1 Å². The number of ether oxygens (including phenoxy) is 2. The molecule has 0 aromatic carbocycles. The van der Waals surface area contributed by atoms with E-state index in [0.29, 0.717) is 0 Å². The first-order valence-electron chi connectivity index (χ1n) is 11.2. The van der Waals surface area contributed by atoms with Gasteiger partial charge in [0.1, 0.15) is 31.0 Å². The third kappa shape index (κ3) is 5.18. The van der Waals surface area contributed by atoms with Crippen molar-refractivity contribution in [3.05, 3.63) is 33.5 Å². The van der Waals surface area contributed by atoms with Crippen molar-refractivity contribution in [1.29, 1.82) is 0 Å². The number of aromatic amines is 1. The molecule has 38 heavy (non-hydrogen) atoms. The van der Waals surface area contributed by atoms with E-state index >= 15 is 0 Å². The van der Waals surface area contributed by atoms with E-state index in [1.165, 1.54) is 10.9 Å². The summed E-state index contributed by atoms with van der Waals surface area (Å²) < 4.78 is 36.2. The van der Waals surface area contributed by atoms with E-state index in [0.717, 1.165) is 10.9 Å². The van der Waals surface area contributed by atoms with Gasteiger partial charge in [-0.25, -0.2) is 14.8 Å². The summed E-state index contributed by atoms with van der Waals surface area (Å²) in [7, 11) is -5.01. The molecule has 206 valence electrons. The number of nitrogens with zero attached hydrogens (tertiary/aromatic N) is 6. The second-order valence-corrected chi connectivity index (χ2v) is 9.91. The van der Waals surface area contributed by atoms with Gasteiger partial charge in [-0.2, -0.15) is 9.97 Å². The third-order valence-electron chi connectivity index (χ3n) is 6.04. The van der Waals surface area contributed by atoms with Gasteiger partial charge in [0.25, 0.3) is 13.4 Å². The largest absolute Gasteiger partial charge is 0.756 e. The molecule has 2 saturated heterocycles. The van der Waals surface area contributed by atoms with Crippen LogP contribution in [0.2, 0.25) is 0 Å². The van der Waals surface area contributed by atoms with Crippen LogP contribution < -0.4 is 27.6 Å². The van der Waals surface area contributed by atoms with Crippen LogP contribution in [0.4, 0.5) is 11.9 Å². The van der Waals surface area contributed by atoms with Crippen LogP contribution in [0, 0.1) is 0 Å². The summed E-state index contributed by atoms with van der Waals surface area (Å²) in [6, 6.07) is 0. The summed E-state index contributed by atoms with van der Waals surface area (Å²) >= 11 is 0. The molecule has 5 rings (SSSR count). The van der Waals surface area contributed by atoms with Gasteiger partial charge in [0.05, 0.1) is 31.7 Å². The van der Waals surface area contributed by atoms with E-state index in [2.05, 4.69) is 24.9 Å². The fourth-order valence-corrected chi connectivity index (χ4v) is 5.19. The molecule has 3 aromatic heterocycles. The van der Waals surface area contributed by atoms with E-state index in [1.807, 2.05) is 0 Å². The summed E-state index contributed by atoms with van der Waals surface area (Å²) in [4.78, 5) is 54.1. The van der Waals surface area contributed by atoms with Crippen molar-refractivity contribution in [3.8, 4) is 0 Å². The summed E-state index contributed by atoms with van der Waals surface area (Å²) in [5.74, 6) is -0.387. The number of phosphoric acid groups is 1. The van der Waals surface area contributed by atoms with Crippen LogP contribution in [0.15, 0.2) is 22.2 Å². The predicted molar refractivity (Wildman–Crippen MR) is 122 cm³/mol. The molecule has 2 aliphatic rings. The summed E-state index contributed by atoms with van der Waals surface area (Å²) in [6.45, 7) is -1.22. The quantitative estimate of drug-likeness (QED) is 0.170. The lowest BCUT2D eigenvalue weighted by Gasteiger charge is -2.29. The number of aromatic nitrogens is 7. The smallest absolute Gasteiger partial charge is 0.354 e. The Hall–Kier alpha value is -3.29. The molecular formula is C18H23N9O10P-. The van der Waals surface area contributed by atoms with Crippen LogP contribution in [0.25, 0.3) is 11.2 Å². The molecule has 7 atom stereocenters. The highest BCUT2D eigenvalue weighted by Crippen LogP contribution is 2.45. The number of nitrogens with two attached hydrogens (primary N) is 2. The van der Waals surface area contributed by atoms with Crippen molar-refractivity contribution in [2.45, 2.75) is 49.7 Å². The topological polar surface area (TPSA) is 281 Å². The molecule has 7 N–H and O–H groups in total. The second-order valence-electron chi connectivity index (χ2n) is 8.55. The lowest BCUT2D eigenvalue weighted by atomic mass is 10.2. The van der Waals surface area contributed by atoms with Gasteiger partial charge in [0.2, 0.25) is 11.9 Å². The maximum atomic E-state index is 12.5. The highest BCUT2D eigenvalue weighted by atomic mass is 31.2. The van der Waals surface area contributed by atoms with E-state index in [4.69, 9.17) is 30.0 Å². The van der Waals surface area contributed by atoms with Crippen molar-refractivity contribution < 1.29 is 38.2 Å². The molecule has 19 nitrogen and oxygen atoms in total. The first kappa shape index (κ1) is 26.3. The van der Waals surface area contributed by atoms with Crippen LogP contribution in [0.5, 0.6) is 0 Å². The number of aliphatic hydroxyl groups is 2. The highest BCUT2D eigenvalue weighted by Gasteiger charge is 2.41. The van der Waals surface area contributed by atoms with Crippen LogP contribution in [-0.4, -0.2) is 81.9 Å². The number of nitrogen functional groups attached to an aromatic ring is 2. The maximum absolute atomic E-state index is 12.5. The number of rotatable bonds is 8. The minimum Gasteiger partial charge on any atom is -0.756 e. The zero-order chi connectivity index (χ0) is 27.2. The van der Waals surface area contributed by atoms with Crippen molar-refractivity contribution in [3.63, 3.8) is 0 Å². The normalized spacial score (nSPS) is 29.1. The number of aliphatic hydroxyl groups excluding tert-OH is 2. The Morgan fingerprint density at radius 1 is 1.13 bits per heavy atom. The molecule has 1 unspecified atom stereocenters. The maximum Gasteiger partial charge on any atom is 0.354 e. The zero-order valence-corrected chi connectivity index (χ0v) is 20.3. The molecule has 0 aliphatic carbocycles. The average Bonchev–Trinajstić information content (AvgIpc) is 3.54. The predicted octanol–water partition coefficient (Wildman–Crippen LogP) is -3.27. The van der Waals surface area contributed by atoms with Gasteiger partial charge in [-0.15, -0.1) is 0 Å². The number of fused-ring (bicyclic) bond motifs is 1. The Labute approximate surface area is 211 Å². The number of hydrogen-bond acceptors (Lipinski definition) is 16. The molecule has 5 heterocycles. The molecule has 0 amide bonds. The monoisotopic (exact) mass is 556 g/mol. The summed E-state index contributed by atoms with van der Waals surface area (Å²) in [6.07, 6.45) is -4.16. The van der Waals surface area contributed by atoms with Crippen LogP contribution >= 0.6 is 7.82 Å². The number of anilines is 2. The van der Waals surface area contributed by atoms with E-state index in [1.54, 1.807) is 0 Å². The Morgan fingerprint density at radius 2 is 1.84 bits per heavy atom. The minimum absolute atomic E-state index is 0.0118. The molecular weight excluding hydrogens is 533 g/mol. The van der Waals surface area contributed by atoms with Crippen molar-refractivity contribution in [2.24, 2.45) is 0 Å². The van der Waals surface area contributed by atoms with E-state index in [9.17, 15) is 29.3 Å². The standard InChI is InChI=1S/C18H24N9O10P/c19-16-22-6-27(18(31)25-16)12-2-8(9(3-28)35-12)37-38(32,33)34-4-10-7(29)1-11(36-10)26-5-21-13-14(26)23-17(20)24-15(13)30/h5-12,28-29H,1-4H2,(H,32,33)(H2,19,25,31)(H3,20,23,24,30)/p-1/t7-,8-,9+,10+,11+,12+/m0/s1. The minimum atomic E-state index is -5.01. The van der Waals surface area contributed by atoms with Gasteiger partial charge in [-0.3, -0.25) is 23.5 Å². The molecule has 0 saturated carbocycles. The van der Waals surface area contributed by atoms with Gasteiger partial charge in [-0.05, 0) is 0 Å². The number of imidazole rings is 1. The van der Waals surface area contributed by atoms with Gasteiger partial charge >= 0.3 is 5.69 Å². The molecule has 0 spiro atoms. The summed E-state index contributed by atoms with van der Waals surface area (Å²) in [5.41, 5.74) is 9.76. The number of nitrogens with one attached hydrogen (secondary N) is 1. The Bertz CT molecular complexity index is 1490. The van der Waals surface area contributed by atoms with Gasteiger partial charge in [0, 0.05) is 12.8 Å². The Morgan fingerprint density at radius 3 is 2.58 bits per heavy atom. The van der Waals surface area contributed by atoms with Gasteiger partial charge < -0.3 is 45.1 Å². The second kappa shape index (κ2) is 10.1. The lowest BCUT2D eigenvalue weighted by Crippen LogP contribution is -2.31. The number of phosphoric ester groups is 1. The van der Waals surface area contributed by atoms with Gasteiger partial charge in [0.15, 0.2) is 11.2 Å². The van der Waals surface area contributed by atoms with E-state index in [-0.39, 0.29) is 35.9 Å². The van der Waals surface area contributed by atoms with Gasteiger partial charge in [-0.1, -0.05) is 0 Å². The summed E-state index contributed by atoms with van der Waals surface area (Å²) in [5, 5.41) is 20.0. The number of hydrogen-bond donors (Lipinski definition) is 5. The van der Waals surface area contributed by atoms with E-state index < -0.39 is 69.2 Å². The number of H-pyrrole nitrogens is 1. The fourth-order valence-electron chi connectivity index (χ4n) is 4.25. The molecule has 20 heteroatoms. The molecule has 3 aromatic rings. The lowest BCUT2D eigenvalue weighted by molar-refractivity contribution is -0.234. The third-order valence-corrected chi connectivity index (χ3v) is 7.04. The molecule has 2 aliphatic heterocycles. The van der Waals surface area contributed by atoms with Crippen molar-refractivity contribution in [2.75, 3.05) is 24.7 Å². The highest BCUT2D eigenvalue weighted by molar-refractivity contribution is 7.45. The van der Waals surface area contributed by atoms with Crippen LogP contribution in [0.1, 0.15) is 25.3 Å². The molecule has 0 radical (unpaired) electrons. The Balaban J connectivity index is 1.22. The molecule has 0 bridgehead atoms. The first-order valence-corrected chi connectivity index (χ1v) is 12.7. The van der Waals surface area contributed by atoms with Crippen molar-refractivity contribution >= 4 is 30.9 Å². The molecule has 2 fully saturated rings. The van der Waals surface area contributed by atoms with Crippen LogP contribution in [0.3, 0.4) is 0 Å². The average molecular weight is 556 g/mol. The Kier molecular flexibility index (Phi) is 7.01. The van der Waals surface area contributed by atoms with Crippen LogP contribution in [-0.2, 0) is 23.1 Å². The fraction of sp³-hybridized carbons (Fsp3) is 0.556. The first-order chi connectivity index (χ1) is 18.0. The zero-order valence-electron chi connectivity index (χ0n) is 19.4. The SMILES string of the molecule is Nc1ncn([C@H]2C[C@H](OP(=O)([O-])OC[C@H]3O[C@@H](n4cnc5c(=O)[nH]c(N)nc54)C[C@@H]3O)[C@@H](CO)O2)c(=O)n1.